The Morgan fingerprint density at radius 2 is 0.286 bits per heavy atom. The van der Waals surface area contributed by atoms with Crippen LogP contribution in [0, 0.1) is 0 Å². The summed E-state index contributed by atoms with van der Waals surface area (Å²) in [6.45, 7) is 0.313. The van der Waals surface area contributed by atoms with Crippen LogP contribution < -0.4 is 117 Å². The molecule has 35 atom stereocenters. The van der Waals surface area contributed by atoms with E-state index in [2.05, 4.69) is 72.2 Å². The Labute approximate surface area is 726 Å². The quantitative estimate of drug-likeness (QED) is 0.0153. The first-order valence-electron chi connectivity index (χ1n) is 42.2. The van der Waals surface area contributed by atoms with Crippen LogP contribution in [0.5, 0.6) is 0 Å². The van der Waals surface area contributed by atoms with Crippen LogP contribution in [0.3, 0.4) is 0 Å². The Hall–Kier alpha value is -6.51. The van der Waals surface area contributed by atoms with E-state index < -0.39 is 215 Å². The third kappa shape index (κ3) is 31.6. The lowest BCUT2D eigenvalue weighted by Gasteiger charge is -2.50. The second kappa shape index (κ2) is 53.1. The molecule has 56 heteroatoms. The number of hydrogen-bond acceptors (Lipinski definition) is 42. The van der Waals surface area contributed by atoms with E-state index in [1.807, 2.05) is 0 Å². The van der Waals surface area contributed by atoms with E-state index in [0.717, 1.165) is 0 Å². The number of nitrogens with two attached hydrogens (primary N) is 14. The first-order valence-corrected chi connectivity index (χ1v) is 42.2. The largest absolute Gasteiger partial charge is 0.387 e. The molecule has 21 rings (SSSR count). The molecule has 0 aliphatic carbocycles. The molecule has 0 radical (unpaired) electrons. The summed E-state index contributed by atoms with van der Waals surface area (Å²) in [6.07, 6.45) is -63.9. The summed E-state index contributed by atoms with van der Waals surface area (Å²) in [4.78, 5) is 28.1. The molecule has 0 aromatic heterocycles. The van der Waals surface area contributed by atoms with E-state index in [0.29, 0.717) is 44.9 Å². The molecule has 56 nitrogen and oxygen atoms in total. The highest BCUT2D eigenvalue weighted by atomic mass is 16.8. The molecule has 0 unspecified atom stereocenters. The highest BCUT2D eigenvalue weighted by Crippen LogP contribution is 2.39. The van der Waals surface area contributed by atoms with E-state index in [4.69, 9.17) is 147 Å². The van der Waals surface area contributed by atoms with Gasteiger partial charge in [-0.1, -0.05) is 0 Å². The van der Waals surface area contributed by atoms with Gasteiger partial charge in [0.1, 0.15) is 171 Å². The summed E-state index contributed by atoms with van der Waals surface area (Å²) in [7, 11) is 0. The summed E-state index contributed by atoms with van der Waals surface area (Å²) in [6, 6.07) is 0. The van der Waals surface area contributed by atoms with E-state index >= 15 is 0 Å². The first-order chi connectivity index (χ1) is 60.1. The van der Waals surface area contributed by atoms with Crippen LogP contribution in [0.1, 0.15) is 44.9 Å². The molecule has 728 valence electrons. The van der Waals surface area contributed by atoms with Gasteiger partial charge in [-0.3, -0.25) is 34.9 Å². The number of aliphatic hydroxyl groups is 14. The monoisotopic (exact) mass is 1820 g/mol. The van der Waals surface area contributed by atoms with Crippen LogP contribution in [0.15, 0.2) is 34.9 Å². The van der Waals surface area contributed by atoms with Gasteiger partial charge in [-0.25, -0.2) is 0 Å². The predicted molar refractivity (Wildman–Crippen MR) is 446 cm³/mol. The van der Waals surface area contributed by atoms with Crippen LogP contribution in [0.2, 0.25) is 0 Å². The van der Waals surface area contributed by atoms with Gasteiger partial charge in [0.2, 0.25) is 0 Å². The zero-order valence-electron chi connectivity index (χ0n) is 70.2. The zero-order valence-corrected chi connectivity index (χ0v) is 70.2. The second-order valence-corrected chi connectivity index (χ2v) is 31.4. The normalized spacial score (nSPS) is 38.0. The lowest BCUT2D eigenvalue weighted by Crippen LogP contribution is -2.69. The molecule has 49 N–H and O–H groups in total. The van der Waals surface area contributed by atoms with Crippen molar-refractivity contribution in [2.24, 2.45) is 115 Å². The van der Waals surface area contributed by atoms with Crippen molar-refractivity contribution in [3.8, 4) is 0 Å². The number of nitrogens with zero attached hydrogens (tertiary/aromatic N) is 7. The summed E-state index contributed by atoms with van der Waals surface area (Å²) in [5, 5.41) is 196. The molecule has 0 saturated carbocycles. The number of hydrogen-bond donors (Lipinski definition) is 35. The molecule has 0 amide bonds. The number of guanidine groups is 7. The zero-order chi connectivity index (χ0) is 91.8. The highest BCUT2D eigenvalue weighted by molar-refractivity contribution is 5.77. The fourth-order valence-electron chi connectivity index (χ4n) is 15.1. The van der Waals surface area contributed by atoms with E-state index in [9.17, 15) is 71.5 Å². The lowest BCUT2D eigenvalue weighted by atomic mass is 9.94. The van der Waals surface area contributed by atoms with Gasteiger partial charge >= 0.3 is 0 Å². The molecule has 14 bridgehead atoms. The van der Waals surface area contributed by atoms with Crippen molar-refractivity contribution < 1.29 is 138 Å². The van der Waals surface area contributed by atoms with Gasteiger partial charge in [0.25, 0.3) is 0 Å². The Morgan fingerprint density at radius 1 is 0.175 bits per heavy atom. The highest BCUT2D eigenvalue weighted by Gasteiger charge is 2.60. The molecule has 126 heavy (non-hydrogen) atoms. The smallest absolute Gasteiger partial charge is 0.187 e. The van der Waals surface area contributed by atoms with Gasteiger partial charge in [-0.2, -0.15) is 0 Å². The van der Waals surface area contributed by atoms with Gasteiger partial charge in [0, 0.05) is 91.6 Å². The van der Waals surface area contributed by atoms with E-state index in [1.54, 1.807) is 0 Å². The van der Waals surface area contributed by atoms with E-state index in [-0.39, 0.29) is 179 Å². The number of nitrogens with one attached hydrogen (secondary N) is 7. The molecule has 21 fully saturated rings. The predicted octanol–water partition coefficient (Wildman–Crippen LogP) is -20.4. The molecular weight excluding hydrogens is 1680 g/mol. The minimum Gasteiger partial charge on any atom is -0.387 e. The Kier molecular flexibility index (Phi) is 44.2. The third-order valence-corrected chi connectivity index (χ3v) is 21.6. The van der Waals surface area contributed by atoms with Crippen molar-refractivity contribution >= 4 is 41.7 Å². The average molecular weight is 1820 g/mol. The SMILES string of the molecule is NC(N)=NCCCNC[C@H]1O[C@@H]2O[C@H]3[C@@H](O)[C@H](O)[C@@H](O[C@H]4[C@H](O)[C@@H](O)[C@@H](O[C@H]5[C@H](O)[C@@H](O)[C@@H](O[C@H]6[C@H](O)[C@@H](O)[C@@H](O[C@H]7[C@H](O)[C@@H](O)[C@@H](O[C@H]8[C@H](O)[C@H](O)[C@@H](O[C@H]1[C@H](O)[C@@H]2O)O[C@@H]8CNCCCN=C(N)N)O[C@@H]7CNCCCN=C(N)N)O[C@@H]6CNCCCN=C(N)N)O[C@@H]5CNCCCN=C(N)N)O[C@@H]4CNCCCN=C(N)N)O[C@@H]3CNCCCN=C(N)N. The molecular formula is C70H140N28O28. The molecule has 0 aromatic carbocycles. The standard InChI is InChI=1S/C70H140N28O28/c71-64(72)92-15-1-8-85-22-29-50-36(99)43(106)57(113-29)121-51-30(23-86-9-2-16-93-65(73)74)115-59(45(108)38(51)101)123-53-32(25-88-11-4-18-95-67(77)78)117-61(47(110)40(53)103)125-55-34(27-90-13-6-20-97-69(81)82)119-63(49(112)42(55)105)126-56-35(28-91-14-7-21-98-70(83)84)118-62(48(111)41(56)104)124-54-33(26-89-12-5-19-96-68(79)80)116-60(46(109)39(54)102)122-52-31(24-87-10-3-17-94-66(75)76)114-58(120-50)44(107)37(52)100/h29-63,85-91,99-112H,1-28H2,(H4,71,72,92)(H4,73,74,93)(H4,75,76,94)(H4,77,78,95)(H4,79,80,96)(H4,81,82,97)(H4,83,84,98)/t29-,30-,31-,32-,33-,34-,35-,36-,37-,38-,39-,40-,41-,42+,43-,44-,45+,46-,47+,48-,49+,50-,51-,52-,53-,54-,55-,56-,57-,58-,59-,60-,61-,62-,63-/m1/s1. The molecule has 0 spiro atoms. The van der Waals surface area contributed by atoms with Crippen LogP contribution in [0.4, 0.5) is 0 Å². The van der Waals surface area contributed by atoms with Crippen LogP contribution in [-0.2, 0) is 66.3 Å². The first kappa shape index (κ1) is 105. The van der Waals surface area contributed by atoms with Crippen molar-refractivity contribution in [1.29, 1.82) is 0 Å². The van der Waals surface area contributed by atoms with Crippen molar-refractivity contribution in [3.63, 3.8) is 0 Å². The third-order valence-electron chi connectivity index (χ3n) is 21.6. The Balaban J connectivity index is 1.23. The average Bonchev–Trinajstić information content (AvgIpc) is 0.790. The van der Waals surface area contributed by atoms with Gasteiger partial charge in [0.15, 0.2) is 85.7 Å². The maximum absolute atomic E-state index is 12.5. The number of ether oxygens (including phenoxy) is 14. The number of rotatable bonds is 42. The summed E-state index contributed by atoms with van der Waals surface area (Å²) in [5.41, 5.74) is 78.4. The van der Waals surface area contributed by atoms with Gasteiger partial charge in [-0.05, 0) is 90.8 Å². The molecule has 0 aromatic rings. The molecule has 21 saturated heterocycles. The maximum atomic E-state index is 12.5. The van der Waals surface area contributed by atoms with Crippen LogP contribution in [-0.4, -0.2) is 466 Å². The van der Waals surface area contributed by atoms with Crippen molar-refractivity contribution in [2.45, 2.75) is 260 Å². The molecule has 21 heterocycles. The summed E-state index contributed by atoms with van der Waals surface area (Å²) >= 11 is 0. The van der Waals surface area contributed by atoms with Crippen molar-refractivity contribution in [2.75, 3.05) is 137 Å². The summed E-state index contributed by atoms with van der Waals surface area (Å²) < 4.78 is 90.5. The molecule has 21 aliphatic rings. The Bertz CT molecular complexity index is 2760. The second-order valence-electron chi connectivity index (χ2n) is 31.4. The maximum Gasteiger partial charge on any atom is 0.187 e. The van der Waals surface area contributed by atoms with Gasteiger partial charge in [0.05, 0.1) is 0 Å². The van der Waals surface area contributed by atoms with Gasteiger partial charge in [-0.15, -0.1) is 0 Å². The van der Waals surface area contributed by atoms with Crippen LogP contribution >= 0.6 is 0 Å². The minimum absolute atomic E-state index is 0.150. The topological polar surface area (TPSA) is 947 Å². The fraction of sp³-hybridized carbons (Fsp3) is 0.900. The van der Waals surface area contributed by atoms with Gasteiger partial charge < -0.3 is 255 Å². The Morgan fingerprint density at radius 3 is 0.389 bits per heavy atom. The number of aliphatic hydroxyl groups excluding tert-OH is 14. The summed E-state index contributed by atoms with van der Waals surface area (Å²) in [5.74, 6) is -1.28. The van der Waals surface area contributed by atoms with E-state index in [1.165, 1.54) is 0 Å². The minimum atomic E-state index is -2.17. The fourth-order valence-corrected chi connectivity index (χ4v) is 15.1. The van der Waals surface area contributed by atoms with Crippen molar-refractivity contribution in [3.05, 3.63) is 0 Å². The van der Waals surface area contributed by atoms with Crippen LogP contribution in [0.25, 0.3) is 0 Å². The lowest BCUT2D eigenvalue weighted by molar-refractivity contribution is -0.392. The van der Waals surface area contributed by atoms with Crippen molar-refractivity contribution in [1.82, 2.24) is 37.2 Å². The number of aliphatic imine (C=N–C) groups is 7. The molecule has 21 aliphatic heterocycles.